The van der Waals surface area contributed by atoms with E-state index in [0.29, 0.717) is 0 Å². The summed E-state index contributed by atoms with van der Waals surface area (Å²) in [4.78, 5) is 29.7. The number of amides is 1. The van der Waals surface area contributed by atoms with Crippen LogP contribution < -0.4 is 9.79 Å². The molecule has 1 amide bonds. The van der Waals surface area contributed by atoms with Crippen molar-refractivity contribution in [3.63, 3.8) is 0 Å². The van der Waals surface area contributed by atoms with Crippen molar-refractivity contribution in [3.8, 4) is 0 Å². The Morgan fingerprint density at radius 2 is 2.00 bits per heavy atom. The fourth-order valence-corrected chi connectivity index (χ4v) is 1.01. The number of rotatable bonds is 5. The van der Waals surface area contributed by atoms with Crippen LogP contribution >= 0.6 is 7.60 Å². The Labute approximate surface area is 99.7 Å². The molecule has 0 heterocycles. The summed E-state index contributed by atoms with van der Waals surface area (Å²) in [5, 5.41) is 8.71. The first-order chi connectivity index (χ1) is 4.95. The first kappa shape index (κ1) is 15.3. The molecule has 0 aromatic rings. The zero-order valence-electron chi connectivity index (χ0n) is 6.38. The van der Waals surface area contributed by atoms with Crippen molar-refractivity contribution in [2.45, 2.75) is 6.42 Å². The maximum absolute atomic E-state index is 9.98. The molecule has 0 atom stereocenters. The zero-order chi connectivity index (χ0) is 8.91. The molecule has 0 bridgehead atoms. The summed E-state index contributed by atoms with van der Waals surface area (Å²) in [5.74, 6) is 0. The molecule has 0 aromatic carbocycles. The van der Waals surface area contributed by atoms with E-state index >= 15 is 0 Å². The fraction of sp³-hybridized carbons (Fsp3) is 0.750. The molecule has 0 saturated carbocycles. The molecule has 0 unspecified atom stereocenters. The predicted octanol–water partition coefficient (Wildman–Crippen LogP) is -2.24. The van der Waals surface area contributed by atoms with Gasteiger partial charge in [0, 0.05) is 6.54 Å². The van der Waals surface area contributed by atoms with E-state index in [1.54, 1.807) is 0 Å². The second-order valence-electron chi connectivity index (χ2n) is 1.96. The topological polar surface area (TPSA) is 104 Å². The van der Waals surface area contributed by atoms with Gasteiger partial charge >= 0.3 is 37.7 Å². The molecule has 0 saturated heterocycles. The van der Waals surface area contributed by atoms with Crippen LogP contribution in [0.2, 0.25) is 0 Å². The third-order valence-corrected chi connectivity index (χ3v) is 1.80. The molecule has 66 valence electrons. The van der Waals surface area contributed by atoms with Crippen LogP contribution in [0.15, 0.2) is 0 Å². The number of carbonyl (C=O) groups is 1. The number of hydrogen-bond acceptors (Lipinski definition) is 5. The minimum absolute atomic E-state index is 0. The van der Waals surface area contributed by atoms with Crippen molar-refractivity contribution >= 4 is 51.7 Å². The Bertz CT molecular complexity index is 171. The summed E-state index contributed by atoms with van der Waals surface area (Å²) in [7, 11) is -4.49. The SMILES string of the molecule is O=CN(O)CCCP(=O)([O-])[O-].[Ca+2]. The largest absolute Gasteiger partial charge is 2.00 e. The van der Waals surface area contributed by atoms with E-state index in [2.05, 4.69) is 0 Å². The van der Waals surface area contributed by atoms with Crippen molar-refractivity contribution in [2.75, 3.05) is 12.7 Å². The predicted molar refractivity (Wildman–Crippen MR) is 37.4 cm³/mol. The summed E-state index contributed by atoms with van der Waals surface area (Å²) in [5.41, 5.74) is 0. The van der Waals surface area contributed by atoms with Crippen LogP contribution in [0.3, 0.4) is 0 Å². The molecular weight excluding hydrogens is 213 g/mol. The average Bonchev–Trinajstić information content (AvgIpc) is 1.85. The van der Waals surface area contributed by atoms with Gasteiger partial charge in [-0.05, 0) is 12.6 Å². The van der Waals surface area contributed by atoms with Crippen LogP contribution in [-0.2, 0) is 9.36 Å². The van der Waals surface area contributed by atoms with E-state index in [1.165, 1.54) is 0 Å². The molecule has 6 nitrogen and oxygen atoms in total. The van der Waals surface area contributed by atoms with Crippen LogP contribution in [0, 0.1) is 0 Å². The quantitative estimate of drug-likeness (QED) is 0.186. The molecule has 1 N–H and O–H groups in total. The van der Waals surface area contributed by atoms with Gasteiger partial charge in [-0.2, -0.15) is 0 Å². The smallest absolute Gasteiger partial charge is 0.811 e. The van der Waals surface area contributed by atoms with Crippen molar-refractivity contribution in [3.05, 3.63) is 0 Å². The molecule has 12 heavy (non-hydrogen) atoms. The van der Waals surface area contributed by atoms with E-state index in [0.717, 1.165) is 0 Å². The second-order valence-corrected chi connectivity index (χ2v) is 3.63. The van der Waals surface area contributed by atoms with Gasteiger partial charge in [0.2, 0.25) is 6.41 Å². The maximum Gasteiger partial charge on any atom is 2.00 e. The Hall–Kier alpha value is 0.840. The number of carbonyl (C=O) groups excluding carboxylic acids is 1. The monoisotopic (exact) mass is 221 g/mol. The third-order valence-electron chi connectivity index (χ3n) is 0.941. The van der Waals surface area contributed by atoms with Crippen LogP contribution in [-0.4, -0.2) is 67.1 Å². The average molecular weight is 221 g/mol. The van der Waals surface area contributed by atoms with Gasteiger partial charge in [-0.15, -0.1) is 0 Å². The molecule has 0 aliphatic rings. The minimum Gasteiger partial charge on any atom is -0.811 e. The summed E-state index contributed by atoms with van der Waals surface area (Å²) in [6.07, 6.45) is -0.446. The molecule has 8 heteroatoms. The normalized spacial score (nSPS) is 10.2. The van der Waals surface area contributed by atoms with Gasteiger partial charge in [0.05, 0.1) is 0 Å². The van der Waals surface area contributed by atoms with Crippen LogP contribution in [0.1, 0.15) is 6.42 Å². The van der Waals surface area contributed by atoms with Crippen molar-refractivity contribution in [1.82, 2.24) is 5.06 Å². The molecular formula is C4H8CaNO5P. The van der Waals surface area contributed by atoms with Gasteiger partial charge in [0.25, 0.3) is 0 Å². The third kappa shape index (κ3) is 10.8. The summed E-state index contributed by atoms with van der Waals surface area (Å²) < 4.78 is 9.98. The Morgan fingerprint density at radius 3 is 2.33 bits per heavy atom. The first-order valence-electron chi connectivity index (χ1n) is 2.87. The van der Waals surface area contributed by atoms with Crippen LogP contribution in [0.4, 0.5) is 0 Å². The van der Waals surface area contributed by atoms with Crippen molar-refractivity contribution in [2.24, 2.45) is 0 Å². The van der Waals surface area contributed by atoms with Gasteiger partial charge in [0.1, 0.15) is 0 Å². The van der Waals surface area contributed by atoms with Gasteiger partial charge < -0.3 is 14.4 Å². The number of nitrogens with zero attached hydrogens (tertiary/aromatic N) is 1. The Balaban J connectivity index is 0. The molecule has 0 rings (SSSR count). The van der Waals surface area contributed by atoms with Crippen molar-refractivity contribution in [1.29, 1.82) is 0 Å². The number of hydroxylamine groups is 2. The molecule has 0 spiro atoms. The van der Waals surface area contributed by atoms with E-state index < -0.39 is 13.8 Å². The van der Waals surface area contributed by atoms with Gasteiger partial charge in [-0.1, -0.05) is 7.60 Å². The molecule has 0 aliphatic carbocycles. The van der Waals surface area contributed by atoms with Gasteiger partial charge in [-0.3, -0.25) is 10.0 Å². The standard InChI is InChI=1S/C4H10NO5P.Ca/c6-4-5(7)2-1-3-11(8,9)10;/h4,7H,1-3H2,(H2,8,9,10);/q;+2/p-2. The molecule has 0 fully saturated rings. The molecule has 0 aromatic heterocycles. The van der Waals surface area contributed by atoms with Crippen LogP contribution in [0.25, 0.3) is 0 Å². The van der Waals surface area contributed by atoms with E-state index in [4.69, 9.17) is 5.21 Å². The molecule has 0 aliphatic heterocycles. The molecule has 0 radical (unpaired) electrons. The fourth-order valence-electron chi connectivity index (χ4n) is 0.479. The minimum atomic E-state index is -4.49. The Kier molecular flexibility index (Phi) is 9.27. The zero-order valence-corrected chi connectivity index (χ0v) is 9.48. The van der Waals surface area contributed by atoms with Crippen molar-refractivity contribution < 1.29 is 24.4 Å². The van der Waals surface area contributed by atoms with Gasteiger partial charge in [0.15, 0.2) is 0 Å². The first-order valence-corrected chi connectivity index (χ1v) is 4.60. The second kappa shape index (κ2) is 7.26. The maximum atomic E-state index is 9.98. The van der Waals surface area contributed by atoms with E-state index in [1.807, 2.05) is 0 Å². The summed E-state index contributed by atoms with van der Waals surface area (Å²) in [6.45, 7) is -0.141. The van der Waals surface area contributed by atoms with E-state index in [9.17, 15) is 19.1 Å². The van der Waals surface area contributed by atoms with Gasteiger partial charge in [-0.25, -0.2) is 5.06 Å². The Morgan fingerprint density at radius 1 is 1.50 bits per heavy atom. The van der Waals surface area contributed by atoms with E-state index in [-0.39, 0.29) is 62.2 Å². The number of hydrogen-bond donors (Lipinski definition) is 1. The van der Waals surface area contributed by atoms with Crippen LogP contribution in [0.5, 0.6) is 0 Å². The summed E-state index contributed by atoms with van der Waals surface area (Å²) in [6, 6.07) is 0. The summed E-state index contributed by atoms with van der Waals surface area (Å²) >= 11 is 0.